The number of morpholine rings is 1. The fourth-order valence-electron chi connectivity index (χ4n) is 3.80. The van der Waals surface area contributed by atoms with Crippen LogP contribution in [0.25, 0.3) is 0 Å². The molecule has 0 aromatic heterocycles. The van der Waals surface area contributed by atoms with Gasteiger partial charge < -0.3 is 10.5 Å². The van der Waals surface area contributed by atoms with Crippen LogP contribution in [0.4, 0.5) is 0 Å². The van der Waals surface area contributed by atoms with E-state index >= 15 is 0 Å². The highest BCUT2D eigenvalue weighted by molar-refractivity contribution is 4.98. The normalized spacial score (nSPS) is 37.3. The van der Waals surface area contributed by atoms with Gasteiger partial charge in [-0.25, -0.2) is 0 Å². The minimum absolute atomic E-state index is 0.125. The van der Waals surface area contributed by atoms with Crippen LogP contribution in [0.2, 0.25) is 0 Å². The molecule has 2 fully saturated rings. The van der Waals surface area contributed by atoms with E-state index in [1.165, 1.54) is 19.3 Å². The summed E-state index contributed by atoms with van der Waals surface area (Å²) in [6.45, 7) is 14.4. The molecule has 1 saturated heterocycles. The lowest BCUT2D eigenvalue weighted by Crippen LogP contribution is -2.63. The first kappa shape index (κ1) is 15.3. The van der Waals surface area contributed by atoms with Gasteiger partial charge in [0.1, 0.15) is 0 Å². The Hall–Kier alpha value is -0.120. The lowest BCUT2D eigenvalue weighted by Gasteiger charge is -2.52. The highest BCUT2D eigenvalue weighted by Crippen LogP contribution is 2.40. The third-order valence-electron chi connectivity index (χ3n) is 5.20. The summed E-state index contributed by atoms with van der Waals surface area (Å²) in [7, 11) is 0. The average Bonchev–Trinajstić information content (AvgIpc) is 2.28. The standard InChI is InChI=1S/C16H32N2O/c1-15(2,3)12-6-7-13(17)14(10-12)18-8-9-19-11-16(18,4)5/h12-14H,6-11,17H2,1-5H3. The van der Waals surface area contributed by atoms with Crippen molar-refractivity contribution < 1.29 is 4.74 Å². The van der Waals surface area contributed by atoms with Crippen LogP contribution in [0.5, 0.6) is 0 Å². The van der Waals surface area contributed by atoms with Crippen molar-refractivity contribution in [3.8, 4) is 0 Å². The number of nitrogens with two attached hydrogens (primary N) is 1. The van der Waals surface area contributed by atoms with Crippen molar-refractivity contribution in [3.05, 3.63) is 0 Å². The summed E-state index contributed by atoms with van der Waals surface area (Å²) in [5, 5.41) is 0. The summed E-state index contributed by atoms with van der Waals surface area (Å²) in [4.78, 5) is 2.62. The van der Waals surface area contributed by atoms with Crippen molar-refractivity contribution in [1.29, 1.82) is 0 Å². The van der Waals surface area contributed by atoms with Crippen LogP contribution in [-0.2, 0) is 4.74 Å². The molecule has 112 valence electrons. The Labute approximate surface area is 118 Å². The van der Waals surface area contributed by atoms with Gasteiger partial charge in [-0.2, -0.15) is 0 Å². The Morgan fingerprint density at radius 1 is 1.21 bits per heavy atom. The zero-order valence-corrected chi connectivity index (χ0v) is 13.4. The summed E-state index contributed by atoms with van der Waals surface area (Å²) < 4.78 is 5.65. The minimum atomic E-state index is 0.125. The predicted octanol–water partition coefficient (Wildman–Crippen LogP) is 2.64. The van der Waals surface area contributed by atoms with Crippen molar-refractivity contribution >= 4 is 0 Å². The van der Waals surface area contributed by atoms with Crippen molar-refractivity contribution in [2.75, 3.05) is 19.8 Å². The lowest BCUT2D eigenvalue weighted by atomic mass is 9.69. The van der Waals surface area contributed by atoms with E-state index in [9.17, 15) is 0 Å². The van der Waals surface area contributed by atoms with E-state index in [-0.39, 0.29) is 5.54 Å². The molecule has 0 bridgehead atoms. The van der Waals surface area contributed by atoms with Crippen LogP contribution in [-0.4, -0.2) is 42.3 Å². The Kier molecular flexibility index (Phi) is 4.29. The molecule has 0 radical (unpaired) electrons. The molecule has 1 heterocycles. The van der Waals surface area contributed by atoms with Crippen molar-refractivity contribution in [2.24, 2.45) is 17.1 Å². The monoisotopic (exact) mass is 268 g/mol. The van der Waals surface area contributed by atoms with Gasteiger partial charge >= 0.3 is 0 Å². The summed E-state index contributed by atoms with van der Waals surface area (Å²) in [6.07, 6.45) is 3.69. The van der Waals surface area contributed by atoms with Crippen LogP contribution in [0.15, 0.2) is 0 Å². The van der Waals surface area contributed by atoms with Crippen LogP contribution in [0.1, 0.15) is 53.9 Å². The smallest absolute Gasteiger partial charge is 0.0645 e. The molecule has 2 N–H and O–H groups in total. The zero-order chi connectivity index (χ0) is 14.3. The molecule has 2 rings (SSSR count). The maximum Gasteiger partial charge on any atom is 0.0645 e. The molecule has 1 aliphatic carbocycles. The van der Waals surface area contributed by atoms with E-state index in [0.717, 1.165) is 25.7 Å². The number of hydrogen-bond acceptors (Lipinski definition) is 3. The van der Waals surface area contributed by atoms with Crippen LogP contribution in [0.3, 0.4) is 0 Å². The molecule has 0 amide bonds. The fraction of sp³-hybridized carbons (Fsp3) is 1.00. The number of nitrogens with zero attached hydrogens (tertiary/aromatic N) is 1. The van der Waals surface area contributed by atoms with Gasteiger partial charge in [0.25, 0.3) is 0 Å². The molecule has 2 aliphatic rings. The summed E-state index contributed by atoms with van der Waals surface area (Å²) in [6, 6.07) is 0.854. The summed E-state index contributed by atoms with van der Waals surface area (Å²) in [5.74, 6) is 0.788. The lowest BCUT2D eigenvalue weighted by molar-refractivity contribution is -0.0897. The molecule has 3 unspecified atom stereocenters. The zero-order valence-electron chi connectivity index (χ0n) is 13.4. The first-order chi connectivity index (χ1) is 8.72. The average molecular weight is 268 g/mol. The van der Waals surface area contributed by atoms with Crippen LogP contribution in [0, 0.1) is 11.3 Å². The second kappa shape index (κ2) is 5.34. The molecule has 0 spiro atoms. The second-order valence-electron chi connectivity index (χ2n) is 8.17. The molecule has 19 heavy (non-hydrogen) atoms. The predicted molar refractivity (Wildman–Crippen MR) is 80.2 cm³/mol. The van der Waals surface area contributed by atoms with Crippen molar-refractivity contribution in [1.82, 2.24) is 4.90 Å². The third kappa shape index (κ3) is 3.32. The Bertz CT molecular complexity index is 308. The van der Waals surface area contributed by atoms with Gasteiger partial charge in [0, 0.05) is 24.2 Å². The van der Waals surface area contributed by atoms with Gasteiger partial charge in [0.05, 0.1) is 13.2 Å². The first-order valence-electron chi connectivity index (χ1n) is 7.82. The molecular formula is C16H32N2O. The Morgan fingerprint density at radius 3 is 2.47 bits per heavy atom. The fourth-order valence-corrected chi connectivity index (χ4v) is 3.80. The molecule has 0 aromatic rings. The Balaban J connectivity index is 2.12. The maximum absolute atomic E-state index is 6.45. The highest BCUT2D eigenvalue weighted by Gasteiger charge is 2.42. The molecule has 1 saturated carbocycles. The number of rotatable bonds is 1. The SMILES string of the molecule is CC(C)(C)C1CCC(N)C(N2CCOCC2(C)C)C1. The largest absolute Gasteiger partial charge is 0.378 e. The number of hydrogen-bond donors (Lipinski definition) is 1. The van der Waals surface area contributed by atoms with Crippen molar-refractivity contribution in [3.63, 3.8) is 0 Å². The van der Waals surface area contributed by atoms with Gasteiger partial charge in [-0.1, -0.05) is 20.8 Å². The molecular weight excluding hydrogens is 236 g/mol. The number of ether oxygens (including phenoxy) is 1. The van der Waals surface area contributed by atoms with Crippen molar-refractivity contribution in [2.45, 2.75) is 71.5 Å². The highest BCUT2D eigenvalue weighted by atomic mass is 16.5. The van der Waals surface area contributed by atoms with Gasteiger partial charge in [0.2, 0.25) is 0 Å². The van der Waals surface area contributed by atoms with Gasteiger partial charge in [0.15, 0.2) is 0 Å². The third-order valence-corrected chi connectivity index (χ3v) is 5.20. The second-order valence-corrected chi connectivity index (χ2v) is 8.17. The van der Waals surface area contributed by atoms with E-state index in [1.54, 1.807) is 0 Å². The summed E-state index contributed by atoms with van der Waals surface area (Å²) in [5.41, 5.74) is 6.98. The molecule has 3 atom stereocenters. The van der Waals surface area contributed by atoms with Crippen LogP contribution < -0.4 is 5.73 Å². The maximum atomic E-state index is 6.45. The van der Waals surface area contributed by atoms with E-state index in [0.29, 0.717) is 17.5 Å². The molecule has 0 aromatic carbocycles. The first-order valence-corrected chi connectivity index (χ1v) is 7.82. The Morgan fingerprint density at radius 2 is 1.89 bits per heavy atom. The minimum Gasteiger partial charge on any atom is -0.378 e. The molecule has 1 aliphatic heterocycles. The van der Waals surface area contributed by atoms with E-state index < -0.39 is 0 Å². The van der Waals surface area contributed by atoms with E-state index in [1.807, 2.05) is 0 Å². The quantitative estimate of drug-likeness (QED) is 0.794. The van der Waals surface area contributed by atoms with Gasteiger partial charge in [-0.05, 0) is 44.4 Å². The van der Waals surface area contributed by atoms with Crippen LogP contribution >= 0.6 is 0 Å². The topological polar surface area (TPSA) is 38.5 Å². The van der Waals surface area contributed by atoms with E-state index in [4.69, 9.17) is 10.5 Å². The molecule has 3 heteroatoms. The summed E-state index contributed by atoms with van der Waals surface area (Å²) >= 11 is 0. The molecule has 3 nitrogen and oxygen atoms in total. The van der Waals surface area contributed by atoms with Gasteiger partial charge in [-0.3, -0.25) is 4.90 Å². The van der Waals surface area contributed by atoms with E-state index in [2.05, 4.69) is 39.5 Å². The van der Waals surface area contributed by atoms with Gasteiger partial charge in [-0.15, -0.1) is 0 Å².